The molecule has 2 amide bonds. The van der Waals surface area contributed by atoms with E-state index in [0.717, 1.165) is 0 Å². The number of carboxylic acid groups (broad SMARTS) is 1. The van der Waals surface area contributed by atoms with Crippen LogP contribution in [-0.2, 0) is 25.8 Å². The number of nitrogens with two attached hydrogens (primary N) is 1. The van der Waals surface area contributed by atoms with Crippen LogP contribution in [0.5, 0.6) is 0 Å². The van der Waals surface area contributed by atoms with Gasteiger partial charge in [-0.05, 0) is 13.0 Å². The lowest BCUT2D eigenvalue weighted by atomic mass is 10.0. The number of nitrogen functional groups attached to an aromatic ring is 1. The largest absolute Gasteiger partial charge is 0.477 e. The summed E-state index contributed by atoms with van der Waals surface area (Å²) in [6.07, 6.45) is 5.01. The summed E-state index contributed by atoms with van der Waals surface area (Å²) in [7, 11) is 0. The highest BCUT2D eigenvalue weighted by atomic mass is 32.2. The van der Waals surface area contributed by atoms with E-state index in [1.807, 2.05) is 35.2 Å². The van der Waals surface area contributed by atoms with Crippen molar-refractivity contribution in [3.63, 3.8) is 0 Å². The van der Waals surface area contributed by atoms with E-state index in [4.69, 9.17) is 10.6 Å². The molecular formula is C21H22N7O5S+. The summed E-state index contributed by atoms with van der Waals surface area (Å²) < 4.78 is 1.84. The monoisotopic (exact) mass is 484 g/mol. The fourth-order valence-electron chi connectivity index (χ4n) is 3.57. The molecule has 4 heterocycles. The van der Waals surface area contributed by atoms with Gasteiger partial charge >= 0.3 is 5.97 Å². The molecule has 2 aliphatic heterocycles. The number of pyridine rings is 1. The lowest BCUT2D eigenvalue weighted by molar-refractivity contribution is -0.689. The molecular weight excluding hydrogens is 462 g/mol. The third kappa shape index (κ3) is 4.55. The summed E-state index contributed by atoms with van der Waals surface area (Å²) in [5.74, 6) is -1.98. The van der Waals surface area contributed by atoms with Crippen LogP contribution in [0.3, 0.4) is 0 Å². The molecule has 2 aliphatic rings. The Morgan fingerprint density at radius 1 is 1.38 bits per heavy atom. The van der Waals surface area contributed by atoms with Gasteiger partial charge in [-0.1, -0.05) is 11.2 Å². The second kappa shape index (κ2) is 9.87. The number of thioether (sulfide) groups is 1. The number of carboxylic acids is 1. The Kier molecular flexibility index (Phi) is 6.72. The van der Waals surface area contributed by atoms with Crippen molar-refractivity contribution < 1.29 is 28.9 Å². The van der Waals surface area contributed by atoms with E-state index in [-0.39, 0.29) is 29.7 Å². The molecule has 1 unspecified atom stereocenters. The van der Waals surface area contributed by atoms with Crippen molar-refractivity contribution >= 4 is 41.1 Å². The SMILES string of the molecule is CCON=C(C(=O)NC1C(=O)N2C(C(=O)O)=C(C[n+]3ccccc3)CS[C@H]12)c1nccc(N)n1. The Labute approximate surface area is 198 Å². The van der Waals surface area contributed by atoms with Gasteiger partial charge in [0.15, 0.2) is 24.8 Å². The minimum Gasteiger partial charge on any atom is -0.477 e. The van der Waals surface area contributed by atoms with Crippen LogP contribution >= 0.6 is 11.8 Å². The summed E-state index contributed by atoms with van der Waals surface area (Å²) in [6, 6.07) is 6.05. The first-order chi connectivity index (χ1) is 16.4. The maximum Gasteiger partial charge on any atom is 0.352 e. The van der Waals surface area contributed by atoms with E-state index in [0.29, 0.717) is 17.9 Å². The lowest BCUT2D eigenvalue weighted by Gasteiger charge is -2.49. The van der Waals surface area contributed by atoms with Crippen molar-refractivity contribution in [2.75, 3.05) is 18.1 Å². The highest BCUT2D eigenvalue weighted by Crippen LogP contribution is 2.40. The molecule has 2 aromatic heterocycles. The fourth-order valence-corrected chi connectivity index (χ4v) is 4.91. The van der Waals surface area contributed by atoms with Gasteiger partial charge in [0.05, 0.1) is 0 Å². The van der Waals surface area contributed by atoms with E-state index in [1.165, 1.54) is 28.9 Å². The predicted octanol–water partition coefficient (Wildman–Crippen LogP) is -0.474. The average Bonchev–Trinajstić information content (AvgIpc) is 2.83. The van der Waals surface area contributed by atoms with Gasteiger partial charge in [0.1, 0.15) is 29.5 Å². The zero-order chi connectivity index (χ0) is 24.2. The van der Waals surface area contributed by atoms with Gasteiger partial charge in [-0.15, -0.1) is 11.8 Å². The number of aliphatic carboxylic acids is 1. The number of carbonyl (C=O) groups is 3. The molecule has 4 rings (SSSR count). The molecule has 0 aromatic carbocycles. The van der Waals surface area contributed by atoms with Gasteiger partial charge in [-0.2, -0.15) is 0 Å². The molecule has 1 fully saturated rings. The maximum atomic E-state index is 13.0. The number of hydrogen-bond donors (Lipinski definition) is 3. The highest BCUT2D eigenvalue weighted by Gasteiger charge is 2.54. The first-order valence-electron chi connectivity index (χ1n) is 10.3. The summed E-state index contributed by atoms with van der Waals surface area (Å²) in [5.41, 5.74) is 5.99. The van der Waals surface area contributed by atoms with Crippen molar-refractivity contribution in [3.05, 3.63) is 60.0 Å². The number of β-lactam (4-membered cyclic amide) rings is 1. The summed E-state index contributed by atoms with van der Waals surface area (Å²) in [5, 5.41) is 15.7. The predicted molar refractivity (Wildman–Crippen MR) is 121 cm³/mol. The summed E-state index contributed by atoms with van der Waals surface area (Å²) in [4.78, 5) is 52.2. The Balaban J connectivity index is 1.54. The highest BCUT2D eigenvalue weighted by molar-refractivity contribution is 8.00. The van der Waals surface area contributed by atoms with Gasteiger partial charge in [0.25, 0.3) is 11.8 Å². The number of anilines is 1. The number of rotatable bonds is 8. The Morgan fingerprint density at radius 3 is 2.82 bits per heavy atom. The van der Waals surface area contributed by atoms with Crippen molar-refractivity contribution in [1.82, 2.24) is 20.2 Å². The van der Waals surface area contributed by atoms with Crippen LogP contribution in [0, 0.1) is 0 Å². The van der Waals surface area contributed by atoms with E-state index in [1.54, 1.807) is 6.92 Å². The topological polar surface area (TPSA) is 164 Å². The molecule has 13 heteroatoms. The molecule has 2 atom stereocenters. The Bertz CT molecular complexity index is 1190. The number of nitrogens with zero attached hydrogens (tertiary/aromatic N) is 5. The summed E-state index contributed by atoms with van der Waals surface area (Å²) >= 11 is 1.38. The maximum absolute atomic E-state index is 13.0. The number of carbonyl (C=O) groups excluding carboxylic acids is 2. The zero-order valence-electron chi connectivity index (χ0n) is 18.1. The molecule has 2 aromatic rings. The van der Waals surface area contributed by atoms with Gasteiger partial charge in [0.2, 0.25) is 5.71 Å². The first-order valence-corrected chi connectivity index (χ1v) is 11.4. The molecule has 12 nitrogen and oxygen atoms in total. The number of fused-ring (bicyclic) bond motifs is 1. The Morgan fingerprint density at radius 2 is 2.15 bits per heavy atom. The number of amides is 2. The quantitative estimate of drug-likeness (QED) is 0.194. The smallest absolute Gasteiger partial charge is 0.352 e. The molecule has 34 heavy (non-hydrogen) atoms. The third-order valence-corrected chi connectivity index (χ3v) is 6.42. The van der Waals surface area contributed by atoms with Gasteiger partial charge < -0.3 is 21.0 Å². The summed E-state index contributed by atoms with van der Waals surface area (Å²) in [6.45, 7) is 2.22. The standard InChI is InChI=1S/C21H21N7O5S/c1-2-33-26-14(17-23-7-6-13(22)24-17)18(29)25-15-19(30)28-16(21(31)32)12(11-34-20(15)28)10-27-8-4-3-5-9-27/h3-9,15,20H,2,10-11H2,1H3,(H3-,22,23,24,25,29,31,32)/p+1/t15?,20-/m1/s1. The van der Waals surface area contributed by atoms with Crippen molar-refractivity contribution in [3.8, 4) is 0 Å². The number of hydrogen-bond acceptors (Lipinski definition) is 9. The molecule has 0 saturated carbocycles. The van der Waals surface area contributed by atoms with Crippen LogP contribution in [0.2, 0.25) is 0 Å². The molecule has 0 spiro atoms. The van der Waals surface area contributed by atoms with E-state index >= 15 is 0 Å². The van der Waals surface area contributed by atoms with Crippen LogP contribution < -0.4 is 15.6 Å². The number of aromatic nitrogens is 3. The van der Waals surface area contributed by atoms with Crippen LogP contribution in [0.4, 0.5) is 5.82 Å². The molecule has 0 aliphatic carbocycles. The van der Waals surface area contributed by atoms with E-state index in [2.05, 4.69) is 20.4 Å². The van der Waals surface area contributed by atoms with Crippen LogP contribution in [0.15, 0.2) is 59.3 Å². The van der Waals surface area contributed by atoms with E-state index < -0.39 is 29.2 Å². The minimum atomic E-state index is -1.19. The average molecular weight is 485 g/mol. The van der Waals surface area contributed by atoms with Crippen molar-refractivity contribution in [1.29, 1.82) is 0 Å². The van der Waals surface area contributed by atoms with Crippen LogP contribution in [0.1, 0.15) is 12.7 Å². The van der Waals surface area contributed by atoms with Crippen molar-refractivity contribution in [2.24, 2.45) is 5.16 Å². The van der Waals surface area contributed by atoms with E-state index in [9.17, 15) is 19.5 Å². The number of oxime groups is 1. The molecule has 0 radical (unpaired) electrons. The van der Waals surface area contributed by atoms with Gasteiger partial charge in [-0.25, -0.2) is 19.3 Å². The molecule has 0 bridgehead atoms. The molecule has 4 N–H and O–H groups in total. The minimum absolute atomic E-state index is 0.0563. The van der Waals surface area contributed by atoms with Crippen LogP contribution in [-0.4, -0.2) is 67.2 Å². The molecule has 176 valence electrons. The number of nitrogens with one attached hydrogen (secondary N) is 1. The van der Waals surface area contributed by atoms with Crippen molar-refractivity contribution in [2.45, 2.75) is 24.9 Å². The Hall–Kier alpha value is -4.00. The van der Waals surface area contributed by atoms with Gasteiger partial charge in [-0.3, -0.25) is 14.5 Å². The fraction of sp³-hybridized carbons (Fsp3) is 0.286. The first kappa shape index (κ1) is 23.2. The second-order valence-electron chi connectivity index (χ2n) is 7.33. The van der Waals surface area contributed by atoms with Gasteiger partial charge in [0, 0.05) is 29.7 Å². The molecule has 1 saturated heterocycles. The van der Waals surface area contributed by atoms with Crippen LogP contribution in [0.25, 0.3) is 0 Å². The third-order valence-electron chi connectivity index (χ3n) is 5.08. The zero-order valence-corrected chi connectivity index (χ0v) is 18.9. The lowest BCUT2D eigenvalue weighted by Crippen LogP contribution is -2.71. The normalized spacial score (nSPS) is 19.9. The second-order valence-corrected chi connectivity index (χ2v) is 8.43.